The summed E-state index contributed by atoms with van der Waals surface area (Å²) in [5.41, 5.74) is 0. The first-order valence-electron chi connectivity index (χ1n) is 16.5. The molecule has 0 aliphatic heterocycles. The van der Waals surface area contributed by atoms with Gasteiger partial charge in [0.25, 0.3) is 0 Å². The molecule has 1 amide bonds. The lowest BCUT2D eigenvalue weighted by atomic mass is 10.0. The van der Waals surface area contributed by atoms with Crippen molar-refractivity contribution < 1.29 is 15.0 Å². The van der Waals surface area contributed by atoms with Crippen molar-refractivity contribution in [3.05, 3.63) is 24.3 Å². The number of amides is 1. The summed E-state index contributed by atoms with van der Waals surface area (Å²) in [6.45, 7) is 4.29. The van der Waals surface area contributed by atoms with Crippen molar-refractivity contribution >= 4 is 5.91 Å². The smallest absolute Gasteiger partial charge is 0.220 e. The number of carbonyl (C=O) groups is 1. The van der Waals surface area contributed by atoms with Gasteiger partial charge in [0.15, 0.2) is 0 Å². The number of rotatable bonds is 29. The monoisotopic (exact) mass is 535 g/mol. The van der Waals surface area contributed by atoms with Gasteiger partial charge in [-0.15, -0.1) is 0 Å². The standard InChI is InChI=1S/C34H65NO3/c1-3-5-7-9-11-13-14-15-16-17-18-19-20-22-24-26-28-30-34(38)35-32(31-36)33(37)29-27-25-23-21-12-10-8-6-4-2/h11,13,15-16,32-33,36-37H,3-10,12,14,17-31H2,1-2H3,(H,35,38)/b13-11-,16-15-. The third-order valence-electron chi connectivity index (χ3n) is 7.47. The molecule has 3 N–H and O–H groups in total. The number of aliphatic hydroxyl groups is 2. The summed E-state index contributed by atoms with van der Waals surface area (Å²) in [4.78, 5) is 12.3. The van der Waals surface area contributed by atoms with Gasteiger partial charge in [-0.1, -0.05) is 141 Å². The Labute approximate surface area is 237 Å². The second-order valence-electron chi connectivity index (χ2n) is 11.2. The van der Waals surface area contributed by atoms with E-state index in [1.807, 2.05) is 0 Å². The van der Waals surface area contributed by atoms with Gasteiger partial charge >= 0.3 is 0 Å². The van der Waals surface area contributed by atoms with Crippen molar-refractivity contribution in [3.63, 3.8) is 0 Å². The summed E-state index contributed by atoms with van der Waals surface area (Å²) >= 11 is 0. The van der Waals surface area contributed by atoms with E-state index in [1.165, 1.54) is 109 Å². The summed E-state index contributed by atoms with van der Waals surface area (Å²) < 4.78 is 0. The Bertz CT molecular complexity index is 546. The second-order valence-corrected chi connectivity index (χ2v) is 11.2. The van der Waals surface area contributed by atoms with Crippen LogP contribution in [0.1, 0.15) is 168 Å². The fourth-order valence-electron chi connectivity index (χ4n) is 4.86. The number of hydrogen-bond acceptors (Lipinski definition) is 3. The molecule has 0 fully saturated rings. The number of carbonyl (C=O) groups excluding carboxylic acids is 1. The Hall–Kier alpha value is -1.13. The van der Waals surface area contributed by atoms with E-state index in [0.29, 0.717) is 12.8 Å². The lowest BCUT2D eigenvalue weighted by Gasteiger charge is -2.22. The molecule has 4 nitrogen and oxygen atoms in total. The molecule has 2 atom stereocenters. The van der Waals surface area contributed by atoms with Crippen molar-refractivity contribution in [2.75, 3.05) is 6.61 Å². The van der Waals surface area contributed by atoms with Gasteiger partial charge < -0.3 is 15.5 Å². The van der Waals surface area contributed by atoms with Gasteiger partial charge in [-0.3, -0.25) is 4.79 Å². The highest BCUT2D eigenvalue weighted by Gasteiger charge is 2.19. The van der Waals surface area contributed by atoms with Gasteiger partial charge in [-0.2, -0.15) is 0 Å². The zero-order valence-corrected chi connectivity index (χ0v) is 25.4. The van der Waals surface area contributed by atoms with Gasteiger partial charge in [0.05, 0.1) is 18.8 Å². The van der Waals surface area contributed by atoms with Crippen molar-refractivity contribution in [2.24, 2.45) is 0 Å². The van der Waals surface area contributed by atoms with Crippen LogP contribution < -0.4 is 5.32 Å². The third-order valence-corrected chi connectivity index (χ3v) is 7.47. The first-order valence-corrected chi connectivity index (χ1v) is 16.5. The van der Waals surface area contributed by atoms with Crippen LogP contribution in [0, 0.1) is 0 Å². The topological polar surface area (TPSA) is 69.6 Å². The summed E-state index contributed by atoms with van der Waals surface area (Å²) in [7, 11) is 0. The second kappa shape index (κ2) is 30.4. The van der Waals surface area contributed by atoms with Gasteiger partial charge in [-0.25, -0.2) is 0 Å². The maximum absolute atomic E-state index is 12.3. The minimum Gasteiger partial charge on any atom is -0.394 e. The van der Waals surface area contributed by atoms with E-state index in [4.69, 9.17) is 0 Å². The van der Waals surface area contributed by atoms with Crippen LogP contribution in [0.15, 0.2) is 24.3 Å². The molecule has 0 aromatic heterocycles. The highest BCUT2D eigenvalue weighted by atomic mass is 16.3. The highest BCUT2D eigenvalue weighted by Crippen LogP contribution is 2.13. The minimum atomic E-state index is -0.657. The minimum absolute atomic E-state index is 0.0437. The molecular formula is C34H65NO3. The van der Waals surface area contributed by atoms with E-state index >= 15 is 0 Å². The molecule has 38 heavy (non-hydrogen) atoms. The van der Waals surface area contributed by atoms with Gasteiger partial charge in [0.2, 0.25) is 5.91 Å². The molecule has 0 aliphatic carbocycles. The average molecular weight is 536 g/mol. The predicted molar refractivity (Wildman–Crippen MR) is 165 cm³/mol. The van der Waals surface area contributed by atoms with Crippen molar-refractivity contribution in [1.29, 1.82) is 0 Å². The number of aliphatic hydroxyl groups excluding tert-OH is 2. The SMILES string of the molecule is CCCCC/C=C\C/C=C\CCCCCCCCCC(=O)NC(CO)C(O)CCCCCCCCCCC. The predicted octanol–water partition coefficient (Wildman–Crippen LogP) is 9.34. The van der Waals surface area contributed by atoms with Crippen LogP contribution in [-0.4, -0.2) is 34.9 Å². The summed E-state index contributed by atoms with van der Waals surface area (Å²) in [6.07, 6.45) is 36.5. The van der Waals surface area contributed by atoms with E-state index in [9.17, 15) is 15.0 Å². The molecule has 0 spiro atoms. The summed E-state index contributed by atoms with van der Waals surface area (Å²) in [5.74, 6) is -0.0437. The van der Waals surface area contributed by atoms with Gasteiger partial charge in [0, 0.05) is 6.42 Å². The third kappa shape index (κ3) is 26.5. The van der Waals surface area contributed by atoms with Crippen molar-refractivity contribution in [1.82, 2.24) is 5.32 Å². The quantitative estimate of drug-likeness (QED) is 0.0660. The number of unbranched alkanes of at least 4 members (excludes halogenated alkanes) is 18. The molecule has 0 saturated heterocycles. The fraction of sp³-hybridized carbons (Fsp3) is 0.853. The van der Waals surface area contributed by atoms with Crippen LogP contribution >= 0.6 is 0 Å². The Kier molecular flexibility index (Phi) is 29.5. The number of allylic oxidation sites excluding steroid dienone is 4. The fourth-order valence-corrected chi connectivity index (χ4v) is 4.86. The van der Waals surface area contributed by atoms with Gasteiger partial charge in [-0.05, 0) is 44.9 Å². The lowest BCUT2D eigenvalue weighted by molar-refractivity contribution is -0.123. The van der Waals surface area contributed by atoms with Crippen molar-refractivity contribution in [2.45, 2.75) is 180 Å². The van der Waals surface area contributed by atoms with Crippen LogP contribution in [0.2, 0.25) is 0 Å². The Morgan fingerprint density at radius 2 is 1.08 bits per heavy atom. The highest BCUT2D eigenvalue weighted by molar-refractivity contribution is 5.76. The summed E-state index contributed by atoms with van der Waals surface area (Å²) in [6, 6.07) is -0.535. The molecule has 0 rings (SSSR count). The van der Waals surface area contributed by atoms with E-state index in [0.717, 1.165) is 32.1 Å². The molecule has 4 heteroatoms. The summed E-state index contributed by atoms with van der Waals surface area (Å²) in [5, 5.41) is 22.9. The van der Waals surface area contributed by atoms with Crippen LogP contribution in [0.5, 0.6) is 0 Å². The van der Waals surface area contributed by atoms with Crippen LogP contribution in [0.3, 0.4) is 0 Å². The first kappa shape index (κ1) is 36.9. The lowest BCUT2D eigenvalue weighted by Crippen LogP contribution is -2.45. The molecule has 0 saturated carbocycles. The van der Waals surface area contributed by atoms with E-state index in [-0.39, 0.29) is 12.5 Å². The average Bonchev–Trinajstić information content (AvgIpc) is 2.92. The van der Waals surface area contributed by atoms with Crippen LogP contribution in [-0.2, 0) is 4.79 Å². The maximum Gasteiger partial charge on any atom is 0.220 e. The Morgan fingerprint density at radius 3 is 1.63 bits per heavy atom. The molecule has 0 aliphatic rings. The Morgan fingerprint density at radius 1 is 0.632 bits per heavy atom. The molecule has 0 radical (unpaired) electrons. The van der Waals surface area contributed by atoms with E-state index in [1.54, 1.807) is 0 Å². The van der Waals surface area contributed by atoms with Gasteiger partial charge in [0.1, 0.15) is 0 Å². The molecule has 0 heterocycles. The molecule has 0 bridgehead atoms. The van der Waals surface area contributed by atoms with E-state index in [2.05, 4.69) is 43.5 Å². The molecule has 0 aromatic carbocycles. The molecule has 2 unspecified atom stereocenters. The Balaban J connectivity index is 3.59. The van der Waals surface area contributed by atoms with Crippen LogP contribution in [0.25, 0.3) is 0 Å². The van der Waals surface area contributed by atoms with Crippen molar-refractivity contribution in [3.8, 4) is 0 Å². The molecular weight excluding hydrogens is 470 g/mol. The zero-order chi connectivity index (χ0) is 27.9. The normalized spacial score (nSPS) is 13.5. The van der Waals surface area contributed by atoms with Crippen LogP contribution in [0.4, 0.5) is 0 Å². The largest absolute Gasteiger partial charge is 0.394 e. The first-order chi connectivity index (χ1) is 18.7. The molecule has 224 valence electrons. The molecule has 0 aromatic rings. The number of hydrogen-bond donors (Lipinski definition) is 3. The maximum atomic E-state index is 12.3. The zero-order valence-electron chi connectivity index (χ0n) is 25.4. The number of nitrogens with one attached hydrogen (secondary N) is 1. The van der Waals surface area contributed by atoms with E-state index < -0.39 is 12.1 Å².